The van der Waals surface area contributed by atoms with Gasteiger partial charge in [-0.15, -0.1) is 0 Å². The molecule has 10 heteroatoms. The zero-order chi connectivity index (χ0) is 24.3. The zero-order valence-corrected chi connectivity index (χ0v) is 19.5. The molecule has 1 aromatic heterocycles. The number of hydrogen-bond donors (Lipinski definition) is 1. The van der Waals surface area contributed by atoms with Crippen LogP contribution in [0.3, 0.4) is 0 Å². The van der Waals surface area contributed by atoms with E-state index in [1.807, 2.05) is 35.2 Å². The number of aromatic nitrogens is 1. The molecular formula is C24H25N5O4S. The van der Waals surface area contributed by atoms with Crippen LogP contribution < -0.4 is 10.6 Å². The van der Waals surface area contributed by atoms with Gasteiger partial charge in [-0.05, 0) is 42.7 Å². The minimum absolute atomic E-state index is 0.145. The average Bonchev–Trinajstić information content (AvgIpc) is 3.29. The molecular weight excluding hydrogens is 454 g/mol. The maximum absolute atomic E-state index is 13.0. The third kappa shape index (κ3) is 4.81. The SMILES string of the molecule is CN(Cc1ccccc1)S(=O)(=O)c1ccc(-c2nc(C#N)c(N3CCC(C(N)=O)CC3)o2)cc1. The van der Waals surface area contributed by atoms with E-state index < -0.39 is 10.0 Å². The molecule has 4 rings (SSSR count). The predicted octanol–water partition coefficient (Wildman–Crippen LogP) is 2.74. The normalized spacial score (nSPS) is 14.8. The Kier molecular flexibility index (Phi) is 6.68. The number of anilines is 1. The van der Waals surface area contributed by atoms with Gasteiger partial charge in [0.1, 0.15) is 6.07 Å². The summed E-state index contributed by atoms with van der Waals surface area (Å²) in [5, 5.41) is 9.52. The van der Waals surface area contributed by atoms with Crippen molar-refractivity contribution in [1.29, 1.82) is 5.26 Å². The summed E-state index contributed by atoms with van der Waals surface area (Å²) < 4.78 is 33.1. The van der Waals surface area contributed by atoms with Crippen molar-refractivity contribution in [3.05, 3.63) is 65.9 Å². The number of primary amides is 1. The minimum Gasteiger partial charge on any atom is -0.419 e. The first-order valence-corrected chi connectivity index (χ1v) is 12.3. The highest BCUT2D eigenvalue weighted by Crippen LogP contribution is 2.31. The van der Waals surface area contributed by atoms with Gasteiger partial charge in [0.05, 0.1) is 4.90 Å². The first-order valence-electron chi connectivity index (χ1n) is 10.9. The van der Waals surface area contributed by atoms with Crippen LogP contribution >= 0.6 is 0 Å². The fourth-order valence-electron chi connectivity index (χ4n) is 3.96. The van der Waals surface area contributed by atoms with Gasteiger partial charge in [-0.3, -0.25) is 4.79 Å². The molecule has 0 saturated carbocycles. The van der Waals surface area contributed by atoms with Crippen LogP contribution in [0.5, 0.6) is 0 Å². The molecule has 3 aromatic rings. The molecule has 1 fully saturated rings. The van der Waals surface area contributed by atoms with E-state index in [1.54, 1.807) is 12.1 Å². The fraction of sp³-hybridized carbons (Fsp3) is 0.292. The Morgan fingerprint density at radius 1 is 1.18 bits per heavy atom. The number of nitrogens with two attached hydrogens (primary N) is 1. The van der Waals surface area contributed by atoms with Gasteiger partial charge >= 0.3 is 0 Å². The molecule has 2 N–H and O–H groups in total. The number of oxazole rings is 1. The summed E-state index contributed by atoms with van der Waals surface area (Å²) in [6.45, 7) is 1.32. The number of amides is 1. The Labute approximate surface area is 198 Å². The quantitative estimate of drug-likeness (QED) is 0.551. The largest absolute Gasteiger partial charge is 0.419 e. The lowest BCUT2D eigenvalue weighted by Crippen LogP contribution is -2.38. The number of nitrogens with zero attached hydrogens (tertiary/aromatic N) is 4. The molecule has 0 spiro atoms. The third-order valence-corrected chi connectivity index (χ3v) is 7.77. The molecule has 0 unspecified atom stereocenters. The molecule has 0 bridgehead atoms. The molecule has 0 aliphatic carbocycles. The van der Waals surface area contributed by atoms with E-state index in [0.29, 0.717) is 37.4 Å². The molecule has 2 heterocycles. The van der Waals surface area contributed by atoms with Crippen molar-refractivity contribution in [1.82, 2.24) is 9.29 Å². The van der Waals surface area contributed by atoms with Gasteiger partial charge in [-0.25, -0.2) is 8.42 Å². The molecule has 1 saturated heterocycles. The Bertz CT molecular complexity index is 1310. The van der Waals surface area contributed by atoms with E-state index in [9.17, 15) is 18.5 Å². The summed E-state index contributed by atoms with van der Waals surface area (Å²) in [5.74, 6) is 0.0754. The standard InChI is InChI=1S/C24H25N5O4S/c1-28(16-17-5-3-2-4-6-17)34(31,32)20-9-7-19(8-10-20)23-27-21(15-25)24(33-23)29-13-11-18(12-14-29)22(26)30/h2-10,18H,11-14,16H2,1H3,(H2,26,30). The monoisotopic (exact) mass is 479 g/mol. The second kappa shape index (κ2) is 9.67. The van der Waals surface area contributed by atoms with Crippen LogP contribution in [0, 0.1) is 17.2 Å². The van der Waals surface area contributed by atoms with Crippen LogP contribution in [-0.2, 0) is 21.4 Å². The Balaban J connectivity index is 1.52. The number of carbonyl (C=O) groups excluding carboxylic acids is 1. The number of carbonyl (C=O) groups is 1. The molecule has 176 valence electrons. The van der Waals surface area contributed by atoms with Crippen LogP contribution in [0.15, 0.2) is 63.9 Å². The fourth-order valence-corrected chi connectivity index (χ4v) is 5.12. The number of benzene rings is 2. The summed E-state index contributed by atoms with van der Waals surface area (Å²) >= 11 is 0. The molecule has 0 atom stereocenters. The van der Waals surface area contributed by atoms with Gasteiger partial charge in [-0.2, -0.15) is 14.6 Å². The number of hydrogen-bond acceptors (Lipinski definition) is 7. The smallest absolute Gasteiger partial charge is 0.243 e. The molecule has 0 radical (unpaired) electrons. The Morgan fingerprint density at radius 2 is 1.82 bits per heavy atom. The predicted molar refractivity (Wildman–Crippen MR) is 126 cm³/mol. The van der Waals surface area contributed by atoms with Crippen LogP contribution in [0.25, 0.3) is 11.5 Å². The van der Waals surface area contributed by atoms with E-state index in [-0.39, 0.29) is 34.8 Å². The summed E-state index contributed by atoms with van der Waals surface area (Å²) in [4.78, 5) is 17.7. The summed E-state index contributed by atoms with van der Waals surface area (Å²) in [7, 11) is -2.15. The van der Waals surface area contributed by atoms with Crippen molar-refractivity contribution in [2.24, 2.45) is 11.7 Å². The molecule has 34 heavy (non-hydrogen) atoms. The van der Waals surface area contributed by atoms with Crippen molar-refractivity contribution >= 4 is 21.8 Å². The van der Waals surface area contributed by atoms with Crippen molar-refractivity contribution < 1.29 is 17.6 Å². The van der Waals surface area contributed by atoms with Gasteiger partial charge in [0.15, 0.2) is 0 Å². The number of nitriles is 1. The third-order valence-electron chi connectivity index (χ3n) is 5.96. The van der Waals surface area contributed by atoms with Crippen molar-refractivity contribution in [3.8, 4) is 17.5 Å². The number of rotatable bonds is 7. The number of piperidine rings is 1. The molecule has 1 amide bonds. The first-order chi connectivity index (χ1) is 16.3. The minimum atomic E-state index is -3.69. The highest BCUT2D eigenvalue weighted by atomic mass is 32.2. The van der Waals surface area contributed by atoms with Crippen LogP contribution in [0.4, 0.5) is 5.88 Å². The van der Waals surface area contributed by atoms with Crippen LogP contribution in [0.1, 0.15) is 24.1 Å². The van der Waals surface area contributed by atoms with E-state index in [0.717, 1.165) is 5.56 Å². The van der Waals surface area contributed by atoms with Crippen molar-refractivity contribution in [3.63, 3.8) is 0 Å². The van der Waals surface area contributed by atoms with Gasteiger partial charge in [0, 0.05) is 38.2 Å². The second-order valence-corrected chi connectivity index (χ2v) is 10.3. The van der Waals surface area contributed by atoms with Crippen molar-refractivity contribution in [2.45, 2.75) is 24.3 Å². The summed E-state index contributed by atoms with van der Waals surface area (Å²) in [6, 6.07) is 17.6. The van der Waals surface area contributed by atoms with E-state index in [4.69, 9.17) is 10.2 Å². The highest BCUT2D eigenvalue weighted by molar-refractivity contribution is 7.89. The van der Waals surface area contributed by atoms with Gasteiger partial charge in [0.25, 0.3) is 0 Å². The first kappa shape index (κ1) is 23.5. The van der Waals surface area contributed by atoms with E-state index in [1.165, 1.54) is 23.5 Å². The molecule has 9 nitrogen and oxygen atoms in total. The lowest BCUT2D eigenvalue weighted by molar-refractivity contribution is -0.122. The maximum Gasteiger partial charge on any atom is 0.243 e. The lowest BCUT2D eigenvalue weighted by Gasteiger charge is -2.30. The second-order valence-electron chi connectivity index (χ2n) is 8.22. The molecule has 2 aromatic carbocycles. The topological polar surface area (TPSA) is 134 Å². The molecule has 1 aliphatic rings. The maximum atomic E-state index is 13.0. The average molecular weight is 480 g/mol. The summed E-state index contributed by atoms with van der Waals surface area (Å²) in [5.41, 5.74) is 6.99. The van der Waals surface area contributed by atoms with Gasteiger partial charge in [0.2, 0.25) is 33.4 Å². The Hall–Kier alpha value is -3.68. The molecule has 1 aliphatic heterocycles. The number of sulfonamides is 1. The van der Waals surface area contributed by atoms with E-state index in [2.05, 4.69) is 11.1 Å². The van der Waals surface area contributed by atoms with E-state index >= 15 is 0 Å². The summed E-state index contributed by atoms with van der Waals surface area (Å²) in [6.07, 6.45) is 1.17. The lowest BCUT2D eigenvalue weighted by atomic mass is 9.96. The van der Waals surface area contributed by atoms with Crippen LogP contribution in [0.2, 0.25) is 0 Å². The van der Waals surface area contributed by atoms with Crippen LogP contribution in [-0.4, -0.2) is 43.8 Å². The van der Waals surface area contributed by atoms with Gasteiger partial charge in [-0.1, -0.05) is 30.3 Å². The van der Waals surface area contributed by atoms with Gasteiger partial charge < -0.3 is 15.1 Å². The zero-order valence-electron chi connectivity index (χ0n) is 18.7. The highest BCUT2D eigenvalue weighted by Gasteiger charge is 2.28. The Morgan fingerprint density at radius 3 is 2.41 bits per heavy atom. The van der Waals surface area contributed by atoms with Crippen molar-refractivity contribution in [2.75, 3.05) is 25.0 Å².